The molecule has 0 saturated heterocycles. The molecule has 11 rings (SSSR count). The Balaban J connectivity index is 1.22. The van der Waals surface area contributed by atoms with Crippen LogP contribution >= 0.6 is 0 Å². The van der Waals surface area contributed by atoms with E-state index < -0.39 is 0 Å². The van der Waals surface area contributed by atoms with Crippen LogP contribution in [-0.4, -0.2) is 19.5 Å². The molecule has 3 heterocycles. The van der Waals surface area contributed by atoms with Crippen LogP contribution in [0.5, 0.6) is 0 Å². The van der Waals surface area contributed by atoms with Crippen molar-refractivity contribution in [1.29, 1.82) is 0 Å². The van der Waals surface area contributed by atoms with Crippen LogP contribution in [0.1, 0.15) is 0 Å². The predicted molar refractivity (Wildman–Crippen MR) is 235 cm³/mol. The SMILES string of the molecule is [C-]#[N+]c1ccc(-c2ccc3c4ccccc4n(-c4ccc(-c5cccc6c5oc5ccccc56)cc4-c4nc(-c5ccccc5)nc(-c5ccccc5)n4)c3c2)cc1. The van der Waals surface area contributed by atoms with E-state index in [2.05, 4.69) is 94.3 Å². The number of benzene rings is 8. The Labute approximate surface area is 333 Å². The molecule has 0 amide bonds. The van der Waals surface area contributed by atoms with Crippen LogP contribution in [0.4, 0.5) is 5.69 Å². The van der Waals surface area contributed by atoms with E-state index in [9.17, 15) is 0 Å². The summed E-state index contributed by atoms with van der Waals surface area (Å²) >= 11 is 0. The average Bonchev–Trinajstić information content (AvgIpc) is 3.85. The summed E-state index contributed by atoms with van der Waals surface area (Å²) < 4.78 is 8.89. The standard InChI is InChI=1S/C52H31N5O/c1-53-38-27-23-33(24-28-38)36-25-29-41-40-17-8-10-21-45(40)57(47(41)32-36)46-30-26-37(39-19-12-20-43-42-18-9-11-22-48(42)58-49(39)43)31-44(46)52-55-50(34-13-4-2-5-14-34)54-51(56-52)35-15-6-3-7-16-35/h2-32H. The molecule has 0 aliphatic carbocycles. The van der Waals surface area contributed by atoms with Crippen molar-refractivity contribution in [3.8, 4) is 62.1 Å². The van der Waals surface area contributed by atoms with Crippen molar-refractivity contribution in [2.45, 2.75) is 0 Å². The highest BCUT2D eigenvalue weighted by atomic mass is 16.3. The highest BCUT2D eigenvalue weighted by Gasteiger charge is 2.22. The Morgan fingerprint density at radius 1 is 0.414 bits per heavy atom. The Morgan fingerprint density at radius 3 is 1.76 bits per heavy atom. The lowest BCUT2D eigenvalue weighted by molar-refractivity contribution is 0.670. The van der Waals surface area contributed by atoms with Gasteiger partial charge in [0.1, 0.15) is 11.2 Å². The molecular formula is C52H31N5O. The van der Waals surface area contributed by atoms with Crippen LogP contribution in [0, 0.1) is 6.57 Å². The third-order valence-electron chi connectivity index (χ3n) is 10.9. The first-order valence-electron chi connectivity index (χ1n) is 19.1. The second-order valence-electron chi connectivity index (χ2n) is 14.3. The van der Waals surface area contributed by atoms with E-state index in [0.29, 0.717) is 23.2 Å². The van der Waals surface area contributed by atoms with Gasteiger partial charge in [0, 0.05) is 43.8 Å². The van der Waals surface area contributed by atoms with Crippen LogP contribution in [0.2, 0.25) is 0 Å². The van der Waals surface area contributed by atoms with Crippen molar-refractivity contribution in [3.63, 3.8) is 0 Å². The molecule has 58 heavy (non-hydrogen) atoms. The lowest BCUT2D eigenvalue weighted by Gasteiger charge is -2.17. The molecule has 0 N–H and O–H groups in total. The fraction of sp³-hybridized carbons (Fsp3) is 0. The van der Waals surface area contributed by atoms with Gasteiger partial charge in [-0.2, -0.15) is 0 Å². The molecule has 8 aromatic carbocycles. The zero-order chi connectivity index (χ0) is 38.6. The van der Waals surface area contributed by atoms with Gasteiger partial charge in [-0.3, -0.25) is 0 Å². The molecular weight excluding hydrogens is 711 g/mol. The molecule has 0 atom stereocenters. The van der Waals surface area contributed by atoms with Crippen molar-refractivity contribution < 1.29 is 4.42 Å². The molecule has 11 aromatic rings. The summed E-state index contributed by atoms with van der Waals surface area (Å²) in [5.41, 5.74) is 12.0. The van der Waals surface area contributed by atoms with Gasteiger partial charge in [-0.05, 0) is 47.0 Å². The van der Waals surface area contributed by atoms with Gasteiger partial charge in [0.05, 0.1) is 23.3 Å². The molecule has 0 saturated carbocycles. The van der Waals surface area contributed by atoms with Crippen molar-refractivity contribution in [3.05, 3.63) is 199 Å². The second-order valence-corrected chi connectivity index (χ2v) is 14.3. The first-order chi connectivity index (χ1) is 28.7. The summed E-state index contributed by atoms with van der Waals surface area (Å²) in [5, 5.41) is 4.42. The Kier molecular flexibility index (Phi) is 7.76. The van der Waals surface area contributed by atoms with Gasteiger partial charge in [0.25, 0.3) is 0 Å². The minimum atomic E-state index is 0.554. The van der Waals surface area contributed by atoms with Gasteiger partial charge in [0.15, 0.2) is 23.2 Å². The minimum absolute atomic E-state index is 0.554. The van der Waals surface area contributed by atoms with Crippen molar-refractivity contribution in [2.75, 3.05) is 0 Å². The van der Waals surface area contributed by atoms with E-state index in [1.807, 2.05) is 103 Å². The van der Waals surface area contributed by atoms with E-state index in [1.54, 1.807) is 0 Å². The average molecular weight is 742 g/mol. The van der Waals surface area contributed by atoms with E-state index >= 15 is 0 Å². The quantitative estimate of drug-likeness (QED) is 0.159. The fourth-order valence-electron chi connectivity index (χ4n) is 8.12. The maximum atomic E-state index is 7.46. The Hall–Kier alpha value is -8.14. The summed E-state index contributed by atoms with van der Waals surface area (Å²) in [6, 6.07) is 64.1. The summed E-state index contributed by atoms with van der Waals surface area (Å²) in [6.45, 7) is 7.46. The molecule has 0 aliphatic rings. The molecule has 3 aromatic heterocycles. The zero-order valence-corrected chi connectivity index (χ0v) is 31.0. The topological polar surface area (TPSA) is 61.1 Å². The number of para-hydroxylation sites is 3. The van der Waals surface area contributed by atoms with Crippen molar-refractivity contribution >= 4 is 49.4 Å². The van der Waals surface area contributed by atoms with Crippen LogP contribution in [0.3, 0.4) is 0 Å². The van der Waals surface area contributed by atoms with Gasteiger partial charge in [-0.15, -0.1) is 0 Å². The van der Waals surface area contributed by atoms with Crippen LogP contribution in [0.15, 0.2) is 192 Å². The Morgan fingerprint density at radius 2 is 1.02 bits per heavy atom. The maximum absolute atomic E-state index is 7.46. The lowest BCUT2D eigenvalue weighted by atomic mass is 9.98. The molecule has 0 fully saturated rings. The van der Waals surface area contributed by atoms with Gasteiger partial charge in [0.2, 0.25) is 0 Å². The second kappa shape index (κ2) is 13.6. The third kappa shape index (κ3) is 5.53. The first-order valence-corrected chi connectivity index (χ1v) is 19.1. The first kappa shape index (κ1) is 33.2. The van der Waals surface area contributed by atoms with E-state index in [4.69, 9.17) is 25.9 Å². The monoisotopic (exact) mass is 741 g/mol. The molecule has 0 spiro atoms. The number of furan rings is 1. The molecule has 270 valence electrons. The van der Waals surface area contributed by atoms with Crippen LogP contribution < -0.4 is 0 Å². The highest BCUT2D eigenvalue weighted by Crippen LogP contribution is 2.42. The fourth-order valence-corrected chi connectivity index (χ4v) is 8.12. The molecule has 0 unspecified atom stereocenters. The summed E-state index contributed by atoms with van der Waals surface area (Å²) in [7, 11) is 0. The van der Waals surface area contributed by atoms with Gasteiger partial charge in [-0.1, -0.05) is 158 Å². The number of nitrogens with zero attached hydrogens (tertiary/aromatic N) is 5. The Bertz CT molecular complexity index is 3340. The number of fused-ring (bicyclic) bond motifs is 6. The summed E-state index contributed by atoms with van der Waals surface area (Å²) in [5.74, 6) is 1.73. The maximum Gasteiger partial charge on any atom is 0.187 e. The third-order valence-corrected chi connectivity index (χ3v) is 10.9. The smallest absolute Gasteiger partial charge is 0.187 e. The van der Waals surface area contributed by atoms with Crippen molar-refractivity contribution in [2.24, 2.45) is 0 Å². The molecule has 6 heteroatoms. The molecule has 6 nitrogen and oxygen atoms in total. The lowest BCUT2D eigenvalue weighted by Crippen LogP contribution is -2.04. The van der Waals surface area contributed by atoms with Gasteiger partial charge in [-0.25, -0.2) is 19.8 Å². The number of rotatable bonds is 6. The number of aromatic nitrogens is 4. The highest BCUT2D eigenvalue weighted by molar-refractivity contribution is 6.12. The van der Waals surface area contributed by atoms with E-state index in [0.717, 1.165) is 88.4 Å². The van der Waals surface area contributed by atoms with Gasteiger partial charge >= 0.3 is 0 Å². The number of hydrogen-bond donors (Lipinski definition) is 0. The van der Waals surface area contributed by atoms with Crippen molar-refractivity contribution in [1.82, 2.24) is 19.5 Å². The van der Waals surface area contributed by atoms with Crippen LogP contribution in [-0.2, 0) is 0 Å². The predicted octanol–water partition coefficient (Wildman–Crippen LogP) is 13.8. The number of hydrogen-bond acceptors (Lipinski definition) is 4. The summed E-state index contributed by atoms with van der Waals surface area (Å²) in [6.07, 6.45) is 0. The largest absolute Gasteiger partial charge is 0.455 e. The molecule has 0 aliphatic heterocycles. The normalized spacial score (nSPS) is 11.4. The van der Waals surface area contributed by atoms with Crippen LogP contribution in [0.25, 0.3) is 111 Å². The zero-order valence-electron chi connectivity index (χ0n) is 31.0. The summed E-state index contributed by atoms with van der Waals surface area (Å²) in [4.78, 5) is 19.2. The van der Waals surface area contributed by atoms with E-state index in [-0.39, 0.29) is 0 Å². The van der Waals surface area contributed by atoms with E-state index in [1.165, 1.54) is 0 Å². The molecule has 0 bridgehead atoms. The molecule has 0 radical (unpaired) electrons. The van der Waals surface area contributed by atoms with Gasteiger partial charge < -0.3 is 8.98 Å². The minimum Gasteiger partial charge on any atom is -0.455 e.